The Kier molecular flexibility index (Phi) is 4.86. The zero-order valence-electron chi connectivity index (χ0n) is 20.4. The van der Waals surface area contributed by atoms with Crippen LogP contribution in [0.25, 0.3) is 0 Å². The Morgan fingerprint density at radius 1 is 0.692 bits per heavy atom. The Balaban J connectivity index is 1.44. The number of fused-ring (bicyclic) bond motifs is 8. The minimum atomic E-state index is -1.40. The van der Waals surface area contributed by atoms with Crippen molar-refractivity contribution in [1.82, 2.24) is 0 Å². The molecule has 4 aromatic carbocycles. The molecule has 0 amide bonds. The van der Waals surface area contributed by atoms with Crippen molar-refractivity contribution in [1.29, 1.82) is 0 Å². The van der Waals surface area contributed by atoms with Crippen molar-refractivity contribution in [3.8, 4) is 46.0 Å². The summed E-state index contributed by atoms with van der Waals surface area (Å²) in [6.45, 7) is 0. The van der Waals surface area contributed by atoms with Crippen LogP contribution in [-0.2, 0) is 12.2 Å². The lowest BCUT2D eigenvalue weighted by Gasteiger charge is -2.47. The number of rotatable bonds is 2. The van der Waals surface area contributed by atoms with Gasteiger partial charge in [0.1, 0.15) is 52.1 Å². The lowest BCUT2D eigenvalue weighted by Crippen LogP contribution is -2.47. The highest BCUT2D eigenvalue weighted by atomic mass is 16.7. The zero-order valence-corrected chi connectivity index (χ0v) is 20.4. The van der Waals surface area contributed by atoms with E-state index in [4.69, 9.17) is 14.2 Å². The number of aromatic hydroxyl groups is 5. The second kappa shape index (κ2) is 8.12. The second-order valence-corrected chi connectivity index (χ2v) is 10.2. The summed E-state index contributed by atoms with van der Waals surface area (Å²) >= 11 is 0. The van der Waals surface area contributed by atoms with E-state index in [-0.39, 0.29) is 53.1 Å². The van der Waals surface area contributed by atoms with Gasteiger partial charge in [-0.05, 0) is 42.0 Å². The number of aliphatic hydroxyl groups excluding tert-OH is 1. The normalized spacial score (nSPS) is 24.3. The molecule has 0 unspecified atom stereocenters. The van der Waals surface area contributed by atoms with E-state index in [0.717, 1.165) is 0 Å². The monoisotopic (exact) mass is 528 g/mol. The maximum Gasteiger partial charge on any atom is 0.278 e. The van der Waals surface area contributed by atoms with Crippen LogP contribution >= 0.6 is 0 Å². The SMILES string of the molecule is Oc1ccc([C@H]2Oc3c(c(O)cc4c3[C@@H]3C[C@@](c5ccc(O)cc5)(Oc5cc(O)cc(O)c53)O4)C[C@H]2O)cc1. The largest absolute Gasteiger partial charge is 0.508 e. The number of benzene rings is 4. The molecule has 4 aromatic rings. The quantitative estimate of drug-likeness (QED) is 0.222. The predicted octanol–water partition coefficient (Wildman–Crippen LogP) is 4.41. The predicted molar refractivity (Wildman–Crippen MR) is 137 cm³/mol. The molecule has 0 radical (unpaired) electrons. The van der Waals surface area contributed by atoms with Gasteiger partial charge in [-0.2, -0.15) is 0 Å². The first-order valence-corrected chi connectivity index (χ1v) is 12.5. The summed E-state index contributed by atoms with van der Waals surface area (Å²) < 4.78 is 19.2. The summed E-state index contributed by atoms with van der Waals surface area (Å²) in [7, 11) is 0. The molecule has 198 valence electrons. The van der Waals surface area contributed by atoms with Crippen molar-refractivity contribution in [3.05, 3.63) is 94.5 Å². The van der Waals surface area contributed by atoms with Crippen LogP contribution in [0.5, 0.6) is 46.0 Å². The Morgan fingerprint density at radius 3 is 2.03 bits per heavy atom. The minimum Gasteiger partial charge on any atom is -0.508 e. The van der Waals surface area contributed by atoms with Crippen LogP contribution in [0.15, 0.2) is 66.7 Å². The highest BCUT2D eigenvalue weighted by molar-refractivity contribution is 5.67. The first kappa shape index (κ1) is 23.4. The maximum atomic E-state index is 11.0. The van der Waals surface area contributed by atoms with Gasteiger partial charge in [0.25, 0.3) is 5.79 Å². The number of aliphatic hydroxyl groups is 1. The summed E-state index contributed by atoms with van der Waals surface area (Å²) in [4.78, 5) is 0. The summed E-state index contributed by atoms with van der Waals surface area (Å²) in [6, 6.07) is 16.8. The fourth-order valence-corrected chi connectivity index (χ4v) is 5.96. The molecular weight excluding hydrogens is 504 g/mol. The molecule has 39 heavy (non-hydrogen) atoms. The number of hydrogen-bond acceptors (Lipinski definition) is 9. The average molecular weight is 529 g/mol. The van der Waals surface area contributed by atoms with Crippen molar-refractivity contribution in [2.24, 2.45) is 0 Å². The van der Waals surface area contributed by atoms with E-state index in [0.29, 0.717) is 33.6 Å². The van der Waals surface area contributed by atoms with Gasteiger partial charge >= 0.3 is 0 Å². The van der Waals surface area contributed by atoms with Crippen LogP contribution in [0.3, 0.4) is 0 Å². The third-order valence-corrected chi connectivity index (χ3v) is 7.72. The van der Waals surface area contributed by atoms with Crippen molar-refractivity contribution in [3.63, 3.8) is 0 Å². The molecule has 3 aliphatic heterocycles. The maximum absolute atomic E-state index is 11.0. The van der Waals surface area contributed by atoms with Crippen molar-refractivity contribution >= 4 is 0 Å². The fourth-order valence-electron chi connectivity index (χ4n) is 5.96. The van der Waals surface area contributed by atoms with E-state index in [9.17, 15) is 30.6 Å². The van der Waals surface area contributed by atoms with Crippen LogP contribution in [-0.4, -0.2) is 36.7 Å². The van der Waals surface area contributed by atoms with Gasteiger partial charge in [0.2, 0.25) is 0 Å². The van der Waals surface area contributed by atoms with Crippen LogP contribution in [0.2, 0.25) is 0 Å². The molecule has 0 aromatic heterocycles. The molecule has 6 N–H and O–H groups in total. The van der Waals surface area contributed by atoms with Gasteiger partial charge in [-0.3, -0.25) is 0 Å². The fraction of sp³-hybridized carbons (Fsp3) is 0.200. The first-order chi connectivity index (χ1) is 18.7. The van der Waals surface area contributed by atoms with Crippen molar-refractivity contribution in [2.75, 3.05) is 0 Å². The van der Waals surface area contributed by atoms with E-state index < -0.39 is 23.9 Å². The van der Waals surface area contributed by atoms with Crippen molar-refractivity contribution < 1.29 is 44.8 Å². The molecule has 2 bridgehead atoms. The molecule has 0 fully saturated rings. The summed E-state index contributed by atoms with van der Waals surface area (Å²) in [5.41, 5.74) is 2.62. The molecule has 0 aliphatic carbocycles. The number of phenols is 5. The van der Waals surface area contributed by atoms with E-state index in [1.54, 1.807) is 24.3 Å². The van der Waals surface area contributed by atoms with E-state index in [1.807, 2.05) is 0 Å². The summed E-state index contributed by atoms with van der Waals surface area (Å²) in [5.74, 6) is -1.46. The van der Waals surface area contributed by atoms with Crippen LogP contribution in [0.1, 0.15) is 46.3 Å². The van der Waals surface area contributed by atoms with Gasteiger partial charge in [-0.15, -0.1) is 0 Å². The third kappa shape index (κ3) is 3.50. The first-order valence-electron chi connectivity index (χ1n) is 12.5. The van der Waals surface area contributed by atoms with Gasteiger partial charge in [0.15, 0.2) is 0 Å². The molecule has 9 nitrogen and oxygen atoms in total. The molecule has 9 heteroatoms. The van der Waals surface area contributed by atoms with E-state index in [1.165, 1.54) is 42.5 Å². The highest BCUT2D eigenvalue weighted by Crippen LogP contribution is 2.62. The lowest BCUT2D eigenvalue weighted by atomic mass is 9.76. The van der Waals surface area contributed by atoms with Gasteiger partial charge in [0.05, 0.1) is 6.10 Å². The van der Waals surface area contributed by atoms with Crippen LogP contribution in [0.4, 0.5) is 0 Å². The molecular formula is C30H24O9. The van der Waals surface area contributed by atoms with E-state index >= 15 is 0 Å². The van der Waals surface area contributed by atoms with E-state index in [2.05, 4.69) is 0 Å². The number of hydrogen-bond donors (Lipinski definition) is 6. The lowest BCUT2D eigenvalue weighted by molar-refractivity contribution is -0.149. The Labute approximate surface area is 222 Å². The molecule has 0 spiro atoms. The molecule has 3 heterocycles. The number of phenolic OH excluding ortho intramolecular Hbond substituents is 5. The standard InChI is InChI=1S/C30H24O9/c31-16-5-1-14(2-6-16)28-23(36)11-19-21(34)12-25-27(29(19)37-28)20-13-30(39-25,15-3-7-17(32)8-4-15)38-24-10-18(33)9-22(35)26(20)24/h1-10,12,20,23,28,31-36H,11,13H2/t20-,23-,28-,30-/m1/s1. The molecule has 7 rings (SSSR count). The Bertz CT molecular complexity index is 1610. The average Bonchev–Trinajstić information content (AvgIpc) is 2.89. The number of ether oxygens (including phenoxy) is 3. The van der Waals surface area contributed by atoms with Crippen LogP contribution < -0.4 is 14.2 Å². The minimum absolute atomic E-state index is 0.0633. The van der Waals surface area contributed by atoms with Gasteiger partial charge in [-0.25, -0.2) is 0 Å². The van der Waals surface area contributed by atoms with Gasteiger partial charge in [-0.1, -0.05) is 12.1 Å². The molecule has 0 saturated carbocycles. The summed E-state index contributed by atoms with van der Waals surface area (Å²) in [5, 5.41) is 62.7. The zero-order chi connectivity index (χ0) is 27.1. The van der Waals surface area contributed by atoms with Crippen molar-refractivity contribution in [2.45, 2.75) is 36.8 Å². The Morgan fingerprint density at radius 2 is 1.33 bits per heavy atom. The van der Waals surface area contributed by atoms with Crippen LogP contribution in [0, 0.1) is 0 Å². The second-order valence-electron chi connectivity index (χ2n) is 10.2. The van der Waals surface area contributed by atoms with Gasteiger partial charge in [0, 0.05) is 59.2 Å². The highest BCUT2D eigenvalue weighted by Gasteiger charge is 2.53. The molecule has 4 atom stereocenters. The Hall–Kier alpha value is -4.76. The summed E-state index contributed by atoms with van der Waals surface area (Å²) in [6.07, 6.45) is -1.46. The topological polar surface area (TPSA) is 149 Å². The molecule has 3 aliphatic rings. The third-order valence-electron chi connectivity index (χ3n) is 7.72. The van der Waals surface area contributed by atoms with Gasteiger partial charge < -0.3 is 44.8 Å². The molecule has 0 saturated heterocycles. The smallest absolute Gasteiger partial charge is 0.278 e.